The monoisotopic (exact) mass is 496 g/mol. The molecule has 0 unspecified atom stereocenters. The van der Waals surface area contributed by atoms with Gasteiger partial charge < -0.3 is 10.1 Å². The molecule has 1 aliphatic heterocycles. The summed E-state index contributed by atoms with van der Waals surface area (Å²) in [5.74, 6) is -2.85. The Labute approximate surface area is 203 Å². The van der Waals surface area contributed by atoms with E-state index in [1.807, 2.05) is 6.07 Å². The molecule has 1 heterocycles. The van der Waals surface area contributed by atoms with E-state index in [1.165, 1.54) is 24.3 Å². The van der Waals surface area contributed by atoms with Crippen LogP contribution in [0, 0.1) is 0 Å². The fourth-order valence-electron chi connectivity index (χ4n) is 3.80. The Balaban J connectivity index is 1.42. The third-order valence-corrected chi connectivity index (χ3v) is 5.63. The molecule has 3 aromatic rings. The molecule has 3 aromatic carbocycles. The van der Waals surface area contributed by atoms with Gasteiger partial charge in [-0.15, -0.1) is 0 Å². The number of anilines is 1. The molecule has 4 rings (SSSR count). The number of ether oxygens (including phenoxy) is 1. The first-order valence-corrected chi connectivity index (χ1v) is 10.8. The van der Waals surface area contributed by atoms with Crippen molar-refractivity contribution in [1.29, 1.82) is 0 Å². The van der Waals surface area contributed by atoms with E-state index < -0.39 is 48.1 Å². The highest BCUT2D eigenvalue weighted by Gasteiger charge is 2.39. The summed E-state index contributed by atoms with van der Waals surface area (Å²) < 4.78 is 43.4. The van der Waals surface area contributed by atoms with E-state index in [0.717, 1.165) is 28.7 Å². The van der Waals surface area contributed by atoms with Crippen LogP contribution in [0.15, 0.2) is 72.8 Å². The Bertz CT molecular complexity index is 1360. The van der Waals surface area contributed by atoms with Gasteiger partial charge in [0, 0.05) is 5.69 Å². The Morgan fingerprint density at radius 2 is 1.61 bits per heavy atom. The first-order chi connectivity index (χ1) is 17.1. The normalized spacial score (nSPS) is 13.8. The van der Waals surface area contributed by atoms with Gasteiger partial charge in [-0.25, -0.2) is 4.79 Å². The summed E-state index contributed by atoms with van der Waals surface area (Å²) in [6.07, 6.45) is -4.58. The number of hydrogen-bond donors (Lipinski definition) is 1. The smallest absolute Gasteiger partial charge is 0.416 e. The van der Waals surface area contributed by atoms with E-state index in [1.54, 1.807) is 31.2 Å². The summed E-state index contributed by atoms with van der Waals surface area (Å²) >= 11 is 0. The minimum Gasteiger partial charge on any atom is -0.452 e. The van der Waals surface area contributed by atoms with Crippen molar-refractivity contribution >= 4 is 29.4 Å². The number of fused-ring (bicyclic) bond motifs is 1. The Hall–Kier alpha value is -4.47. The Kier molecular flexibility index (Phi) is 6.61. The van der Waals surface area contributed by atoms with Gasteiger partial charge in [0.05, 0.1) is 28.3 Å². The quantitative estimate of drug-likeness (QED) is 0.389. The van der Waals surface area contributed by atoms with Gasteiger partial charge in [-0.1, -0.05) is 36.4 Å². The van der Waals surface area contributed by atoms with Gasteiger partial charge in [0.2, 0.25) is 0 Å². The molecular weight excluding hydrogens is 477 g/mol. The summed E-state index contributed by atoms with van der Waals surface area (Å²) in [6.45, 7) is 0.950. The van der Waals surface area contributed by atoms with Gasteiger partial charge >= 0.3 is 12.1 Å². The van der Waals surface area contributed by atoms with Crippen LogP contribution in [0.1, 0.15) is 55.2 Å². The molecule has 184 valence electrons. The summed E-state index contributed by atoms with van der Waals surface area (Å²) in [6, 6.07) is 16.3. The zero-order chi connectivity index (χ0) is 26.0. The highest BCUT2D eigenvalue weighted by Crippen LogP contribution is 2.32. The number of carbonyl (C=O) groups excluding carboxylic acids is 4. The van der Waals surface area contributed by atoms with Crippen molar-refractivity contribution in [2.75, 3.05) is 11.9 Å². The first kappa shape index (κ1) is 24.6. The molecule has 1 atom stereocenters. The third kappa shape index (κ3) is 4.97. The molecule has 0 fully saturated rings. The van der Waals surface area contributed by atoms with Crippen molar-refractivity contribution < 1.29 is 37.1 Å². The standard InChI is InChI=1S/C26H19F3N2O5/c1-15(16-6-3-2-4-7-16)31-23(33)20-11-10-17(12-21(20)24(31)34)25(35)36-14-22(32)30-19-9-5-8-18(13-19)26(27,28)29/h2-13,15H,14H2,1H3,(H,30,32)/t15-/m0/s1. The highest BCUT2D eigenvalue weighted by molar-refractivity contribution is 6.22. The minimum atomic E-state index is -4.58. The predicted molar refractivity (Wildman–Crippen MR) is 122 cm³/mol. The molecule has 0 aliphatic carbocycles. The lowest BCUT2D eigenvalue weighted by molar-refractivity contribution is -0.137. The van der Waals surface area contributed by atoms with Crippen LogP contribution in [0.3, 0.4) is 0 Å². The SMILES string of the molecule is C[C@@H](c1ccccc1)N1C(=O)c2ccc(C(=O)OCC(=O)Nc3cccc(C(F)(F)F)c3)cc2C1=O. The van der Waals surface area contributed by atoms with Crippen molar-refractivity contribution in [3.8, 4) is 0 Å². The van der Waals surface area contributed by atoms with Crippen LogP contribution in [0.2, 0.25) is 0 Å². The summed E-state index contributed by atoms with van der Waals surface area (Å²) in [5.41, 5.74) is -0.174. The molecule has 0 bridgehead atoms. The number of carbonyl (C=O) groups is 4. The average Bonchev–Trinajstić information content (AvgIpc) is 3.11. The highest BCUT2D eigenvalue weighted by atomic mass is 19.4. The number of esters is 1. The van der Waals surface area contributed by atoms with Crippen LogP contribution in [0.5, 0.6) is 0 Å². The summed E-state index contributed by atoms with van der Waals surface area (Å²) in [4.78, 5) is 51.4. The van der Waals surface area contributed by atoms with E-state index in [4.69, 9.17) is 4.74 Å². The topological polar surface area (TPSA) is 92.8 Å². The average molecular weight is 496 g/mol. The van der Waals surface area contributed by atoms with Gasteiger partial charge in [0.15, 0.2) is 6.61 Å². The Morgan fingerprint density at radius 1 is 0.917 bits per heavy atom. The second kappa shape index (κ2) is 9.65. The molecule has 1 aliphatic rings. The molecule has 0 saturated carbocycles. The maximum atomic E-state index is 13.0. The molecule has 36 heavy (non-hydrogen) atoms. The molecule has 7 nitrogen and oxygen atoms in total. The number of benzene rings is 3. The number of nitrogens with one attached hydrogen (secondary N) is 1. The van der Waals surface area contributed by atoms with Crippen LogP contribution >= 0.6 is 0 Å². The molecule has 3 amide bonds. The number of alkyl halides is 3. The van der Waals surface area contributed by atoms with E-state index in [-0.39, 0.29) is 22.4 Å². The maximum Gasteiger partial charge on any atom is 0.416 e. The number of amides is 3. The van der Waals surface area contributed by atoms with Crippen LogP contribution in [0.4, 0.5) is 18.9 Å². The van der Waals surface area contributed by atoms with Crippen molar-refractivity contribution in [3.05, 3.63) is 101 Å². The second-order valence-electron chi connectivity index (χ2n) is 8.03. The number of imide groups is 1. The lowest BCUT2D eigenvalue weighted by Gasteiger charge is -2.22. The first-order valence-electron chi connectivity index (χ1n) is 10.8. The van der Waals surface area contributed by atoms with Crippen LogP contribution < -0.4 is 5.32 Å². The van der Waals surface area contributed by atoms with Gasteiger partial charge in [-0.2, -0.15) is 13.2 Å². The molecule has 0 saturated heterocycles. The summed E-state index contributed by atoms with van der Waals surface area (Å²) in [7, 11) is 0. The van der Waals surface area contributed by atoms with E-state index in [9.17, 15) is 32.3 Å². The minimum absolute atomic E-state index is 0.0330. The fourth-order valence-corrected chi connectivity index (χ4v) is 3.80. The van der Waals surface area contributed by atoms with Crippen LogP contribution in [-0.4, -0.2) is 35.2 Å². The fraction of sp³-hybridized carbons (Fsp3) is 0.154. The molecule has 0 spiro atoms. The van der Waals surface area contributed by atoms with Crippen molar-refractivity contribution in [2.24, 2.45) is 0 Å². The molecule has 1 N–H and O–H groups in total. The van der Waals surface area contributed by atoms with E-state index >= 15 is 0 Å². The van der Waals surface area contributed by atoms with E-state index in [2.05, 4.69) is 5.32 Å². The van der Waals surface area contributed by atoms with Gasteiger partial charge in [-0.3, -0.25) is 19.3 Å². The number of rotatable bonds is 6. The zero-order valence-corrected chi connectivity index (χ0v) is 18.8. The van der Waals surface area contributed by atoms with E-state index in [0.29, 0.717) is 0 Å². The van der Waals surface area contributed by atoms with Crippen LogP contribution in [0.25, 0.3) is 0 Å². The van der Waals surface area contributed by atoms with Gasteiger partial charge in [0.1, 0.15) is 0 Å². The predicted octanol–water partition coefficient (Wildman–Crippen LogP) is 4.86. The molecule has 0 aromatic heterocycles. The number of nitrogens with zero attached hydrogens (tertiary/aromatic N) is 1. The van der Waals surface area contributed by atoms with Crippen molar-refractivity contribution in [1.82, 2.24) is 4.90 Å². The number of halogens is 3. The summed E-state index contributed by atoms with van der Waals surface area (Å²) in [5, 5.41) is 2.23. The zero-order valence-electron chi connectivity index (χ0n) is 18.8. The van der Waals surface area contributed by atoms with Gasteiger partial charge in [0.25, 0.3) is 17.7 Å². The molecular formula is C26H19F3N2O5. The lowest BCUT2D eigenvalue weighted by Crippen LogP contribution is -2.32. The largest absolute Gasteiger partial charge is 0.452 e. The lowest BCUT2D eigenvalue weighted by atomic mass is 10.1. The van der Waals surface area contributed by atoms with Gasteiger partial charge in [-0.05, 0) is 48.9 Å². The second-order valence-corrected chi connectivity index (χ2v) is 8.03. The van der Waals surface area contributed by atoms with Crippen molar-refractivity contribution in [3.63, 3.8) is 0 Å². The molecule has 0 radical (unpaired) electrons. The third-order valence-electron chi connectivity index (χ3n) is 5.63. The van der Waals surface area contributed by atoms with Crippen LogP contribution in [-0.2, 0) is 15.7 Å². The molecule has 10 heteroatoms. The van der Waals surface area contributed by atoms with Crippen molar-refractivity contribution in [2.45, 2.75) is 19.1 Å². The Morgan fingerprint density at radius 3 is 2.31 bits per heavy atom. The maximum absolute atomic E-state index is 13.0. The number of hydrogen-bond acceptors (Lipinski definition) is 5.